The summed E-state index contributed by atoms with van der Waals surface area (Å²) < 4.78 is 0. The minimum atomic E-state index is 0.305. The third kappa shape index (κ3) is 1.73. The molecule has 0 spiro atoms. The van der Waals surface area contributed by atoms with Crippen LogP contribution in [0.2, 0.25) is 0 Å². The van der Waals surface area contributed by atoms with E-state index >= 15 is 0 Å². The lowest BCUT2D eigenvalue weighted by molar-refractivity contribution is 0.0977. The topological polar surface area (TPSA) is 17.1 Å². The molecule has 1 fully saturated rings. The van der Waals surface area contributed by atoms with Gasteiger partial charge in [0.25, 0.3) is 0 Å². The molecule has 0 saturated heterocycles. The molecule has 0 N–H and O–H groups in total. The molecule has 0 bridgehead atoms. The van der Waals surface area contributed by atoms with E-state index in [4.69, 9.17) is 0 Å². The Morgan fingerprint density at radius 1 is 1.06 bits per heavy atom. The summed E-state index contributed by atoms with van der Waals surface area (Å²) in [5.74, 6) is 0.964. The van der Waals surface area contributed by atoms with Crippen molar-refractivity contribution in [3.63, 3.8) is 0 Å². The van der Waals surface area contributed by atoms with Gasteiger partial charge in [0.05, 0.1) is 0 Å². The quantitative estimate of drug-likeness (QED) is 0.704. The molecule has 80 valence electrons. The molecule has 3 rings (SSSR count). The fourth-order valence-electron chi connectivity index (χ4n) is 2.16. The van der Waals surface area contributed by atoms with E-state index < -0.39 is 0 Å². The number of hydrogen-bond donors (Lipinski definition) is 0. The Morgan fingerprint density at radius 3 is 2.62 bits per heavy atom. The second kappa shape index (κ2) is 3.75. The summed E-state index contributed by atoms with van der Waals surface area (Å²) in [5.41, 5.74) is 0.894. The molecule has 16 heavy (non-hydrogen) atoms. The van der Waals surface area contributed by atoms with Gasteiger partial charge in [-0.2, -0.15) is 0 Å². The van der Waals surface area contributed by atoms with E-state index in [1.54, 1.807) is 0 Å². The first-order chi connectivity index (χ1) is 7.84. The van der Waals surface area contributed by atoms with Crippen LogP contribution in [0.1, 0.15) is 29.6 Å². The molecule has 2 aromatic rings. The number of hydrogen-bond acceptors (Lipinski definition) is 1. The molecule has 0 atom stereocenters. The van der Waals surface area contributed by atoms with Gasteiger partial charge in [-0.05, 0) is 29.5 Å². The fourth-order valence-corrected chi connectivity index (χ4v) is 2.16. The Hall–Kier alpha value is -1.63. The van der Waals surface area contributed by atoms with E-state index in [1.807, 2.05) is 30.3 Å². The molecule has 1 saturated carbocycles. The molecule has 0 aliphatic heterocycles. The highest BCUT2D eigenvalue weighted by Crippen LogP contribution is 2.34. The number of Topliss-reactive ketones (excluding diaryl/α,β-unsaturated/α-hetero) is 1. The van der Waals surface area contributed by atoms with Crippen LogP contribution in [-0.2, 0) is 0 Å². The molecule has 0 aromatic heterocycles. The van der Waals surface area contributed by atoms with Crippen LogP contribution in [0.15, 0.2) is 42.5 Å². The molecular formula is C15H14O. The second-order valence-electron chi connectivity index (χ2n) is 4.60. The minimum absolute atomic E-state index is 0.305. The summed E-state index contributed by atoms with van der Waals surface area (Å²) in [6.45, 7) is 0. The first-order valence-electron chi connectivity index (χ1n) is 5.85. The largest absolute Gasteiger partial charge is 0.294 e. The van der Waals surface area contributed by atoms with E-state index in [-0.39, 0.29) is 0 Å². The van der Waals surface area contributed by atoms with Gasteiger partial charge < -0.3 is 0 Å². The molecule has 0 unspecified atom stereocenters. The molecule has 0 radical (unpaired) electrons. The number of carbonyl (C=O) groups is 1. The third-order valence-electron chi connectivity index (χ3n) is 3.26. The number of carbonyl (C=O) groups excluding carboxylic acids is 1. The van der Waals surface area contributed by atoms with Crippen LogP contribution >= 0.6 is 0 Å². The lowest BCUT2D eigenvalue weighted by Crippen LogP contribution is -2.00. The van der Waals surface area contributed by atoms with Gasteiger partial charge in [0.2, 0.25) is 0 Å². The van der Waals surface area contributed by atoms with Crippen molar-refractivity contribution in [2.75, 3.05) is 0 Å². The van der Waals surface area contributed by atoms with E-state index in [2.05, 4.69) is 12.1 Å². The Balaban J connectivity index is 2.04. The average Bonchev–Trinajstić information content (AvgIpc) is 3.12. The maximum atomic E-state index is 12.1. The Bertz CT molecular complexity index is 533. The van der Waals surface area contributed by atoms with Crippen LogP contribution in [0, 0.1) is 5.92 Å². The first kappa shape index (κ1) is 9.59. The van der Waals surface area contributed by atoms with Crippen LogP contribution in [0.3, 0.4) is 0 Å². The second-order valence-corrected chi connectivity index (χ2v) is 4.60. The van der Waals surface area contributed by atoms with Gasteiger partial charge in [-0.15, -0.1) is 0 Å². The highest BCUT2D eigenvalue weighted by Gasteiger charge is 2.25. The SMILES string of the molecule is O=C(CC1CC1)c1cccc2ccccc12. The molecule has 1 aliphatic rings. The van der Waals surface area contributed by atoms with E-state index in [0.717, 1.165) is 22.8 Å². The monoisotopic (exact) mass is 210 g/mol. The molecule has 0 heterocycles. The van der Waals surface area contributed by atoms with Gasteiger partial charge in [-0.1, -0.05) is 42.5 Å². The van der Waals surface area contributed by atoms with Crippen LogP contribution in [-0.4, -0.2) is 5.78 Å². The highest BCUT2D eigenvalue weighted by atomic mass is 16.1. The number of fused-ring (bicyclic) bond motifs is 1. The normalized spacial score (nSPS) is 15.2. The van der Waals surface area contributed by atoms with Crippen LogP contribution in [0.25, 0.3) is 10.8 Å². The van der Waals surface area contributed by atoms with Crippen molar-refractivity contribution in [1.82, 2.24) is 0 Å². The molecule has 1 aliphatic carbocycles. The standard InChI is InChI=1S/C15H14O/c16-15(10-11-8-9-11)14-7-3-5-12-4-1-2-6-13(12)14/h1-7,11H,8-10H2. The van der Waals surface area contributed by atoms with Crippen LogP contribution in [0.4, 0.5) is 0 Å². The van der Waals surface area contributed by atoms with Gasteiger partial charge in [0.1, 0.15) is 0 Å². The van der Waals surface area contributed by atoms with Gasteiger partial charge in [0.15, 0.2) is 5.78 Å². The van der Waals surface area contributed by atoms with E-state index in [1.165, 1.54) is 12.8 Å². The fraction of sp³-hybridized carbons (Fsp3) is 0.267. The van der Waals surface area contributed by atoms with Crippen molar-refractivity contribution < 1.29 is 4.79 Å². The van der Waals surface area contributed by atoms with Crippen molar-refractivity contribution in [3.8, 4) is 0 Å². The molecular weight excluding hydrogens is 196 g/mol. The van der Waals surface area contributed by atoms with Crippen LogP contribution < -0.4 is 0 Å². The zero-order valence-electron chi connectivity index (χ0n) is 9.15. The van der Waals surface area contributed by atoms with E-state index in [9.17, 15) is 4.79 Å². The molecule has 0 amide bonds. The lowest BCUT2D eigenvalue weighted by Gasteiger charge is -2.04. The van der Waals surface area contributed by atoms with Crippen molar-refractivity contribution in [2.24, 2.45) is 5.92 Å². The van der Waals surface area contributed by atoms with Crippen LogP contribution in [0.5, 0.6) is 0 Å². The Morgan fingerprint density at radius 2 is 1.81 bits per heavy atom. The highest BCUT2D eigenvalue weighted by molar-refractivity contribution is 6.08. The zero-order chi connectivity index (χ0) is 11.0. The smallest absolute Gasteiger partial charge is 0.163 e. The van der Waals surface area contributed by atoms with Crippen molar-refractivity contribution >= 4 is 16.6 Å². The minimum Gasteiger partial charge on any atom is -0.294 e. The molecule has 1 nitrogen and oxygen atoms in total. The average molecular weight is 210 g/mol. The van der Waals surface area contributed by atoms with E-state index in [0.29, 0.717) is 11.7 Å². The summed E-state index contributed by atoms with van der Waals surface area (Å²) in [6, 6.07) is 14.1. The van der Waals surface area contributed by atoms with Gasteiger partial charge in [-0.25, -0.2) is 0 Å². The predicted octanol–water partition coefficient (Wildman–Crippen LogP) is 3.82. The van der Waals surface area contributed by atoms with Crippen molar-refractivity contribution in [1.29, 1.82) is 0 Å². The number of rotatable bonds is 3. The van der Waals surface area contributed by atoms with Gasteiger partial charge in [0, 0.05) is 12.0 Å². The maximum Gasteiger partial charge on any atom is 0.163 e. The van der Waals surface area contributed by atoms with Gasteiger partial charge in [-0.3, -0.25) is 4.79 Å². The molecule has 2 aromatic carbocycles. The summed E-state index contributed by atoms with van der Waals surface area (Å²) >= 11 is 0. The summed E-state index contributed by atoms with van der Waals surface area (Å²) in [4.78, 5) is 12.1. The molecule has 1 heteroatoms. The Labute approximate surface area is 95.1 Å². The van der Waals surface area contributed by atoms with Gasteiger partial charge >= 0.3 is 0 Å². The maximum absolute atomic E-state index is 12.1. The third-order valence-corrected chi connectivity index (χ3v) is 3.26. The number of benzene rings is 2. The zero-order valence-corrected chi connectivity index (χ0v) is 9.15. The summed E-state index contributed by atoms with van der Waals surface area (Å²) in [6.07, 6.45) is 3.20. The first-order valence-corrected chi connectivity index (χ1v) is 5.85. The summed E-state index contributed by atoms with van der Waals surface area (Å²) in [7, 11) is 0. The number of ketones is 1. The predicted molar refractivity (Wildman–Crippen MR) is 65.6 cm³/mol. The summed E-state index contributed by atoms with van der Waals surface area (Å²) in [5, 5.41) is 2.25. The van der Waals surface area contributed by atoms with Crippen molar-refractivity contribution in [2.45, 2.75) is 19.3 Å². The van der Waals surface area contributed by atoms with Crippen molar-refractivity contribution in [3.05, 3.63) is 48.0 Å². The lowest BCUT2D eigenvalue weighted by atomic mass is 9.99. The Kier molecular flexibility index (Phi) is 2.24.